The molecule has 3 N–H and O–H groups in total. The van der Waals surface area contributed by atoms with Gasteiger partial charge in [0.1, 0.15) is 0 Å². The van der Waals surface area contributed by atoms with Crippen LogP contribution in [-0.2, 0) is 4.79 Å². The van der Waals surface area contributed by atoms with Crippen LogP contribution in [0, 0.1) is 46.3 Å². The second-order valence-corrected chi connectivity index (χ2v) is 11.4. The van der Waals surface area contributed by atoms with Gasteiger partial charge >= 0.3 is 5.97 Å². The molecule has 4 heteroatoms. The van der Waals surface area contributed by atoms with Crippen LogP contribution in [0.25, 0.3) is 0 Å². The average molecular weight is 393 g/mol. The van der Waals surface area contributed by atoms with Crippen molar-refractivity contribution in [2.45, 2.75) is 97.2 Å². The maximum atomic E-state index is 11.2. The van der Waals surface area contributed by atoms with Crippen LogP contribution in [0.1, 0.15) is 85.0 Å². The summed E-state index contributed by atoms with van der Waals surface area (Å²) in [6, 6.07) is 0. The summed E-state index contributed by atoms with van der Waals surface area (Å²) in [6.45, 7) is 7.16. The summed E-state index contributed by atoms with van der Waals surface area (Å²) in [5, 5.41) is 30.5. The fourth-order valence-electron chi connectivity index (χ4n) is 8.73. The summed E-state index contributed by atoms with van der Waals surface area (Å²) in [5.74, 6) is 2.36. The molecule has 4 nitrogen and oxygen atoms in total. The van der Waals surface area contributed by atoms with Crippen molar-refractivity contribution in [2.75, 3.05) is 0 Å². The molecular formula is C24H40O4. The first-order chi connectivity index (χ1) is 13.2. The van der Waals surface area contributed by atoms with E-state index in [-0.39, 0.29) is 29.5 Å². The Morgan fingerprint density at radius 1 is 1.00 bits per heavy atom. The highest BCUT2D eigenvalue weighted by Gasteiger charge is 2.62. The summed E-state index contributed by atoms with van der Waals surface area (Å²) in [5.41, 5.74) is 0.523. The van der Waals surface area contributed by atoms with Gasteiger partial charge in [-0.3, -0.25) is 4.79 Å². The van der Waals surface area contributed by atoms with Crippen LogP contribution in [0.4, 0.5) is 0 Å². The van der Waals surface area contributed by atoms with E-state index in [2.05, 4.69) is 20.8 Å². The molecule has 160 valence electrons. The Balaban J connectivity index is 1.55. The van der Waals surface area contributed by atoms with Gasteiger partial charge in [-0.05, 0) is 104 Å². The summed E-state index contributed by atoms with van der Waals surface area (Å²) >= 11 is 0. The minimum atomic E-state index is -0.684. The van der Waals surface area contributed by atoms with Crippen LogP contribution >= 0.6 is 0 Å². The first-order valence-corrected chi connectivity index (χ1v) is 11.7. The van der Waals surface area contributed by atoms with Crippen molar-refractivity contribution in [2.24, 2.45) is 46.3 Å². The lowest BCUT2D eigenvalue weighted by Gasteiger charge is -2.62. The maximum Gasteiger partial charge on any atom is 0.303 e. The molecule has 28 heavy (non-hydrogen) atoms. The van der Waals surface area contributed by atoms with E-state index in [0.717, 1.165) is 32.1 Å². The highest BCUT2D eigenvalue weighted by Crippen LogP contribution is 2.68. The standard InChI is InChI=1S/C24H40O4/c1-14(4-7-21(27)28)17-5-6-18-22-19(9-11-24(17,18)3)23(2)10-8-16(25)12-15(23)13-20(22)26/h14-20,22,25-26H,4-13H2,1-3H3,(H,27,28)/t14?,15-,16?,17?,18?,19?,20?,22?,23+,24-/m0/s1. The van der Waals surface area contributed by atoms with Crippen molar-refractivity contribution in [3.8, 4) is 0 Å². The van der Waals surface area contributed by atoms with Crippen molar-refractivity contribution >= 4 is 5.97 Å². The van der Waals surface area contributed by atoms with Gasteiger partial charge in [0.05, 0.1) is 12.2 Å². The van der Waals surface area contributed by atoms with Crippen LogP contribution in [0.15, 0.2) is 0 Å². The molecule has 4 aliphatic carbocycles. The van der Waals surface area contributed by atoms with E-state index >= 15 is 0 Å². The molecule has 10 atom stereocenters. The molecule has 0 saturated heterocycles. The predicted octanol–water partition coefficient (Wildman–Crippen LogP) is 4.48. The number of aliphatic carboxylic acids is 1. The molecule has 4 aliphatic rings. The Hall–Kier alpha value is -0.610. The summed E-state index contributed by atoms with van der Waals surface area (Å²) in [7, 11) is 0. The van der Waals surface area contributed by atoms with Crippen LogP contribution in [-0.4, -0.2) is 33.5 Å². The molecule has 0 aromatic carbocycles. The van der Waals surface area contributed by atoms with Gasteiger partial charge < -0.3 is 15.3 Å². The van der Waals surface area contributed by atoms with E-state index in [1.807, 2.05) is 0 Å². The molecule has 0 radical (unpaired) electrons. The number of fused-ring (bicyclic) bond motifs is 5. The monoisotopic (exact) mass is 392 g/mol. The second kappa shape index (κ2) is 7.27. The third-order valence-corrected chi connectivity index (χ3v) is 10.2. The molecule has 0 aromatic rings. The zero-order valence-electron chi connectivity index (χ0n) is 17.9. The van der Waals surface area contributed by atoms with Gasteiger partial charge in [0.25, 0.3) is 0 Å². The highest BCUT2D eigenvalue weighted by molar-refractivity contribution is 5.66. The van der Waals surface area contributed by atoms with E-state index in [9.17, 15) is 15.0 Å². The van der Waals surface area contributed by atoms with Gasteiger partial charge in [-0.2, -0.15) is 0 Å². The average Bonchev–Trinajstić information content (AvgIpc) is 2.98. The summed E-state index contributed by atoms with van der Waals surface area (Å²) in [6.07, 6.45) is 9.19. The van der Waals surface area contributed by atoms with Crippen molar-refractivity contribution in [1.82, 2.24) is 0 Å². The SMILES string of the molecule is CC(CCC(=O)O)C1CCC2C3C(O)C[C@@H]4CC(O)CC[C@@]4(C)C3CC[C@@]12C. The normalized spacial score (nSPS) is 51.7. The quantitative estimate of drug-likeness (QED) is 0.659. The summed E-state index contributed by atoms with van der Waals surface area (Å²) in [4.78, 5) is 11.1. The number of rotatable bonds is 4. The first-order valence-electron chi connectivity index (χ1n) is 11.7. The molecule has 0 spiro atoms. The third kappa shape index (κ3) is 3.14. The number of carboxylic acids is 1. The molecule has 0 amide bonds. The number of hydrogen-bond donors (Lipinski definition) is 3. The first kappa shape index (κ1) is 20.7. The molecule has 0 bridgehead atoms. The second-order valence-electron chi connectivity index (χ2n) is 11.4. The third-order valence-electron chi connectivity index (χ3n) is 10.2. The Labute approximate surface area is 170 Å². The Morgan fingerprint density at radius 3 is 2.39 bits per heavy atom. The number of carboxylic acid groups (broad SMARTS) is 1. The van der Waals surface area contributed by atoms with Crippen molar-refractivity contribution in [1.29, 1.82) is 0 Å². The van der Waals surface area contributed by atoms with E-state index in [1.54, 1.807) is 0 Å². The molecule has 0 heterocycles. The van der Waals surface area contributed by atoms with Crippen LogP contribution in [0.3, 0.4) is 0 Å². The fourth-order valence-corrected chi connectivity index (χ4v) is 8.73. The van der Waals surface area contributed by atoms with Crippen molar-refractivity contribution in [3.63, 3.8) is 0 Å². The van der Waals surface area contributed by atoms with Crippen molar-refractivity contribution < 1.29 is 20.1 Å². The number of hydrogen-bond acceptors (Lipinski definition) is 3. The Bertz CT molecular complexity index is 605. The number of carbonyl (C=O) groups is 1. The van der Waals surface area contributed by atoms with Gasteiger partial charge in [-0.1, -0.05) is 20.8 Å². The van der Waals surface area contributed by atoms with Gasteiger partial charge in [-0.15, -0.1) is 0 Å². The van der Waals surface area contributed by atoms with Gasteiger partial charge in [0.15, 0.2) is 0 Å². The smallest absolute Gasteiger partial charge is 0.303 e. The van der Waals surface area contributed by atoms with E-state index in [1.165, 1.54) is 25.7 Å². The molecule has 4 rings (SSSR count). The van der Waals surface area contributed by atoms with Crippen molar-refractivity contribution in [3.05, 3.63) is 0 Å². The maximum absolute atomic E-state index is 11.2. The van der Waals surface area contributed by atoms with Gasteiger partial charge in [0, 0.05) is 6.42 Å². The van der Waals surface area contributed by atoms with E-state index in [0.29, 0.717) is 35.5 Å². The lowest BCUT2D eigenvalue weighted by Crippen LogP contribution is -2.58. The molecule has 4 fully saturated rings. The van der Waals surface area contributed by atoms with Gasteiger partial charge in [-0.25, -0.2) is 0 Å². The van der Waals surface area contributed by atoms with Gasteiger partial charge in [0.2, 0.25) is 0 Å². The Morgan fingerprint density at radius 2 is 1.68 bits per heavy atom. The number of aliphatic hydroxyl groups excluding tert-OH is 2. The molecule has 4 saturated carbocycles. The lowest BCUT2D eigenvalue weighted by atomic mass is 9.43. The summed E-state index contributed by atoms with van der Waals surface area (Å²) < 4.78 is 0. The minimum Gasteiger partial charge on any atom is -0.481 e. The van der Waals surface area contributed by atoms with Crippen LogP contribution in [0.5, 0.6) is 0 Å². The topological polar surface area (TPSA) is 77.8 Å². The zero-order chi connectivity index (χ0) is 20.3. The van der Waals surface area contributed by atoms with Crippen LogP contribution in [0.2, 0.25) is 0 Å². The molecule has 7 unspecified atom stereocenters. The van der Waals surface area contributed by atoms with E-state index in [4.69, 9.17) is 5.11 Å². The minimum absolute atomic E-state index is 0.179. The lowest BCUT2D eigenvalue weighted by molar-refractivity contribution is -0.174. The fraction of sp³-hybridized carbons (Fsp3) is 0.958. The Kier molecular flexibility index (Phi) is 5.36. The zero-order valence-corrected chi connectivity index (χ0v) is 17.9. The molecular weight excluding hydrogens is 352 g/mol. The van der Waals surface area contributed by atoms with Crippen LogP contribution < -0.4 is 0 Å². The largest absolute Gasteiger partial charge is 0.481 e. The van der Waals surface area contributed by atoms with E-state index < -0.39 is 5.97 Å². The molecule has 0 aliphatic heterocycles. The molecule has 0 aromatic heterocycles. The predicted molar refractivity (Wildman–Crippen MR) is 109 cm³/mol. The highest BCUT2D eigenvalue weighted by atomic mass is 16.4. The number of aliphatic hydroxyl groups is 2.